The van der Waals surface area contributed by atoms with Crippen molar-refractivity contribution in [2.45, 2.75) is 39.2 Å². The Morgan fingerprint density at radius 3 is 2.27 bits per heavy atom. The topological polar surface area (TPSA) is 92.7 Å². The minimum Gasteiger partial charge on any atom is -0.398 e. The normalized spacial score (nSPS) is 16.3. The quantitative estimate of drug-likeness (QED) is 0.369. The van der Waals surface area contributed by atoms with Gasteiger partial charge in [0.05, 0.1) is 27.9 Å². The van der Waals surface area contributed by atoms with Crippen LogP contribution in [0.4, 0.5) is 5.69 Å². The summed E-state index contributed by atoms with van der Waals surface area (Å²) in [6, 6.07) is 16.3. The van der Waals surface area contributed by atoms with Crippen molar-refractivity contribution in [2.24, 2.45) is 4.99 Å². The third-order valence-corrected chi connectivity index (χ3v) is 7.39. The third-order valence-electron chi connectivity index (χ3n) is 7.39. The summed E-state index contributed by atoms with van der Waals surface area (Å²) in [7, 11) is 0. The number of aryl methyl sites for hydroxylation is 1. The standard InChI is InChI=1S/C29H29N5O3/c1-19-10-12-20(13-11-19)30-23-18-24-27(26-25(23)28(35)21-8-3-4-9-22(21)29(26)36)31-34(37)33(24)17-7-16-32-14-5-2-6-15-32/h3-4,8-13,18,37H,2,5-7,14-17H2,1H3. The van der Waals surface area contributed by atoms with Crippen LogP contribution in [0.5, 0.6) is 0 Å². The number of nitrogens with zero attached hydrogens (tertiary/aromatic N) is 5. The summed E-state index contributed by atoms with van der Waals surface area (Å²) in [5.41, 5.74) is 3.80. The Morgan fingerprint density at radius 2 is 1.57 bits per heavy atom. The maximum absolute atomic E-state index is 13.7. The number of hydrogen-bond acceptors (Lipinski definition) is 6. The van der Waals surface area contributed by atoms with Crippen LogP contribution in [0.25, 0.3) is 11.4 Å². The molecule has 2 heterocycles. The van der Waals surface area contributed by atoms with E-state index in [2.05, 4.69) is 10.00 Å². The van der Waals surface area contributed by atoms with Gasteiger partial charge in [-0.05, 0) is 69.0 Å². The summed E-state index contributed by atoms with van der Waals surface area (Å²) >= 11 is 0. The van der Waals surface area contributed by atoms with Crippen LogP contribution in [0.1, 0.15) is 63.1 Å². The van der Waals surface area contributed by atoms with Gasteiger partial charge in [-0.3, -0.25) is 9.59 Å². The number of hydrogen-bond donors (Lipinski definition) is 1. The van der Waals surface area contributed by atoms with E-state index in [1.54, 1.807) is 35.0 Å². The lowest BCUT2D eigenvalue weighted by atomic mass is 9.81. The first-order chi connectivity index (χ1) is 18.0. The summed E-state index contributed by atoms with van der Waals surface area (Å²) < 4.78 is 1.66. The zero-order chi connectivity index (χ0) is 25.5. The van der Waals surface area contributed by atoms with E-state index >= 15 is 0 Å². The van der Waals surface area contributed by atoms with Crippen LogP contribution in [0, 0.1) is 6.92 Å². The molecule has 1 N–H and O–H groups in total. The van der Waals surface area contributed by atoms with Crippen molar-refractivity contribution >= 4 is 17.3 Å². The SMILES string of the molecule is Cc1ccc(N=c2cc3n(CCCN4CCCCC4)n(O)nc-3c3c2C(=O)c2ccccc2C3=O)cc1. The molecule has 0 amide bonds. The molecule has 0 bridgehead atoms. The van der Waals surface area contributed by atoms with Crippen molar-refractivity contribution in [3.05, 3.63) is 87.8 Å². The number of carbonyl (C=O) groups excluding carboxylic acids is 2. The molecule has 1 saturated heterocycles. The molecule has 2 aliphatic carbocycles. The van der Waals surface area contributed by atoms with Gasteiger partial charge in [-0.15, -0.1) is 5.10 Å². The minimum atomic E-state index is -0.283. The number of fused-ring (bicyclic) bond motifs is 4. The number of piperidine rings is 1. The van der Waals surface area contributed by atoms with E-state index in [-0.39, 0.29) is 22.7 Å². The van der Waals surface area contributed by atoms with Crippen LogP contribution in [0.2, 0.25) is 0 Å². The molecule has 4 aliphatic rings. The van der Waals surface area contributed by atoms with Gasteiger partial charge in [-0.2, -0.15) is 0 Å². The molecular weight excluding hydrogens is 466 g/mol. The molecule has 1 fully saturated rings. The fourth-order valence-electron chi connectivity index (χ4n) is 5.47. The average molecular weight is 496 g/mol. The van der Waals surface area contributed by atoms with E-state index in [1.165, 1.54) is 19.3 Å². The Kier molecular flexibility index (Phi) is 5.96. The first-order valence-corrected chi connectivity index (χ1v) is 12.9. The number of carbonyl (C=O) groups is 2. The molecule has 2 aromatic rings. The van der Waals surface area contributed by atoms with Crippen LogP contribution >= 0.6 is 0 Å². The highest BCUT2D eigenvalue weighted by Crippen LogP contribution is 2.33. The Labute approximate surface area is 214 Å². The molecule has 0 saturated carbocycles. The average Bonchev–Trinajstić information content (AvgIpc) is 3.23. The Morgan fingerprint density at radius 1 is 0.892 bits per heavy atom. The van der Waals surface area contributed by atoms with E-state index < -0.39 is 0 Å². The van der Waals surface area contributed by atoms with Crippen molar-refractivity contribution in [3.63, 3.8) is 0 Å². The summed E-state index contributed by atoms with van der Waals surface area (Å²) in [6.45, 7) is 5.65. The number of benzene rings is 3. The van der Waals surface area contributed by atoms with Crippen LogP contribution in [-0.2, 0) is 6.54 Å². The monoisotopic (exact) mass is 495 g/mol. The molecule has 0 atom stereocenters. The molecule has 0 unspecified atom stereocenters. The molecule has 8 nitrogen and oxygen atoms in total. The lowest BCUT2D eigenvalue weighted by molar-refractivity contribution is 0.0728. The Balaban J connectivity index is 1.49. The highest BCUT2D eigenvalue weighted by atomic mass is 16.5. The molecule has 37 heavy (non-hydrogen) atoms. The highest BCUT2D eigenvalue weighted by Gasteiger charge is 2.36. The van der Waals surface area contributed by atoms with Crippen molar-refractivity contribution in [2.75, 3.05) is 19.6 Å². The van der Waals surface area contributed by atoms with Gasteiger partial charge in [0.25, 0.3) is 0 Å². The zero-order valence-electron chi connectivity index (χ0n) is 20.9. The van der Waals surface area contributed by atoms with Gasteiger partial charge in [-0.1, -0.05) is 48.4 Å². The molecule has 0 spiro atoms. The summed E-state index contributed by atoms with van der Waals surface area (Å²) in [6.07, 6.45) is 4.56. The fourth-order valence-corrected chi connectivity index (χ4v) is 5.47. The van der Waals surface area contributed by atoms with Crippen molar-refractivity contribution in [3.8, 4) is 11.4 Å². The van der Waals surface area contributed by atoms with Crippen LogP contribution in [-0.4, -0.2) is 56.0 Å². The smallest absolute Gasteiger partial charge is 0.196 e. The van der Waals surface area contributed by atoms with Crippen molar-refractivity contribution < 1.29 is 14.8 Å². The fraction of sp³-hybridized carbons (Fsp3) is 0.310. The Hall–Kier alpha value is -4.04. The second-order valence-electron chi connectivity index (χ2n) is 9.91. The molecule has 2 aliphatic heterocycles. The van der Waals surface area contributed by atoms with E-state index in [0.717, 1.165) is 36.6 Å². The van der Waals surface area contributed by atoms with Crippen LogP contribution in [0.15, 0.2) is 59.6 Å². The Bertz CT molecular complexity index is 1540. The predicted molar refractivity (Wildman–Crippen MR) is 139 cm³/mol. The molecular formula is C29H29N5O3. The van der Waals surface area contributed by atoms with E-state index in [1.807, 2.05) is 31.2 Å². The van der Waals surface area contributed by atoms with Gasteiger partial charge in [0.15, 0.2) is 11.6 Å². The second kappa shape index (κ2) is 9.44. The lowest BCUT2D eigenvalue weighted by Crippen LogP contribution is -2.31. The predicted octanol–water partition coefficient (Wildman–Crippen LogP) is 4.22. The molecule has 2 aromatic carbocycles. The van der Waals surface area contributed by atoms with Crippen molar-refractivity contribution in [1.29, 1.82) is 0 Å². The molecule has 0 radical (unpaired) electrons. The maximum atomic E-state index is 13.7. The van der Waals surface area contributed by atoms with Gasteiger partial charge in [0.1, 0.15) is 5.69 Å². The van der Waals surface area contributed by atoms with Gasteiger partial charge >= 0.3 is 0 Å². The first kappa shape index (κ1) is 23.4. The van der Waals surface area contributed by atoms with Gasteiger partial charge in [-0.25, -0.2) is 9.67 Å². The number of likely N-dealkylation sites (tertiary alicyclic amines) is 1. The van der Waals surface area contributed by atoms with Crippen molar-refractivity contribution in [1.82, 2.24) is 19.6 Å². The van der Waals surface area contributed by atoms with Gasteiger partial charge in [0, 0.05) is 17.7 Å². The molecule has 0 aromatic heterocycles. The van der Waals surface area contributed by atoms with Gasteiger partial charge in [0.2, 0.25) is 0 Å². The molecule has 8 heteroatoms. The maximum Gasteiger partial charge on any atom is 0.196 e. The number of rotatable bonds is 5. The summed E-state index contributed by atoms with van der Waals surface area (Å²) in [4.78, 5) is 35.4. The van der Waals surface area contributed by atoms with E-state index in [0.29, 0.717) is 40.1 Å². The number of ketones is 2. The van der Waals surface area contributed by atoms with Gasteiger partial charge < -0.3 is 10.1 Å². The van der Waals surface area contributed by atoms with Crippen LogP contribution < -0.4 is 5.36 Å². The summed E-state index contributed by atoms with van der Waals surface area (Å²) in [5, 5.41) is 15.5. The van der Waals surface area contributed by atoms with Crippen LogP contribution in [0.3, 0.4) is 0 Å². The second-order valence-corrected chi connectivity index (χ2v) is 9.91. The molecule has 188 valence electrons. The van der Waals surface area contributed by atoms with E-state index in [4.69, 9.17) is 4.99 Å². The zero-order valence-corrected chi connectivity index (χ0v) is 20.9. The first-order valence-electron chi connectivity index (χ1n) is 12.9. The summed E-state index contributed by atoms with van der Waals surface area (Å²) in [5.74, 6) is -0.545. The minimum absolute atomic E-state index is 0.199. The number of aromatic nitrogens is 3. The molecule has 6 rings (SSSR count). The van der Waals surface area contributed by atoms with E-state index in [9.17, 15) is 14.8 Å². The third kappa shape index (κ3) is 4.17. The lowest BCUT2D eigenvalue weighted by Gasteiger charge is -2.26. The largest absolute Gasteiger partial charge is 0.398 e. The highest BCUT2D eigenvalue weighted by molar-refractivity contribution is 6.30.